The van der Waals surface area contributed by atoms with Gasteiger partial charge in [0.25, 0.3) is 0 Å². The van der Waals surface area contributed by atoms with Crippen LogP contribution >= 0.6 is 31.9 Å². The van der Waals surface area contributed by atoms with Crippen LogP contribution in [0.2, 0.25) is 0 Å². The lowest BCUT2D eigenvalue weighted by molar-refractivity contribution is 0.420. The third-order valence-electron chi connectivity index (χ3n) is 9.16. The topological polar surface area (TPSA) is 77.4 Å². The van der Waals surface area contributed by atoms with Gasteiger partial charge in [-0.15, -0.1) is 0 Å². The zero-order valence-corrected chi connectivity index (χ0v) is 37.0. The van der Waals surface area contributed by atoms with Gasteiger partial charge in [-0.1, -0.05) is 133 Å². The summed E-state index contributed by atoms with van der Waals surface area (Å²) in [6.45, 7) is 0. The molecule has 0 bridgehead atoms. The van der Waals surface area contributed by atoms with Crippen LogP contribution in [0.4, 0.5) is 0 Å². The molecule has 0 saturated carbocycles. The first-order valence-electron chi connectivity index (χ1n) is 19.9. The van der Waals surface area contributed by atoms with Gasteiger partial charge in [0.1, 0.15) is 58.1 Å². The number of hydrogen-bond donors (Lipinski definition) is 2. The van der Waals surface area contributed by atoms with E-state index in [9.17, 15) is 0 Å². The lowest BCUT2D eigenvalue weighted by Gasteiger charge is -2.18. The molecule has 0 spiro atoms. The average molecular weight is 956 g/mol. The molecular weight excluding hydrogens is 915 g/mol. The third-order valence-corrected chi connectivity index (χ3v) is 10.4. The van der Waals surface area contributed by atoms with Gasteiger partial charge in [-0.2, -0.15) is 0 Å². The Bertz CT molecular complexity index is 2590. The van der Waals surface area contributed by atoms with Crippen LogP contribution in [-0.2, 0) is 0 Å². The minimum absolute atomic E-state index is 0.494. The molecule has 0 aromatic heterocycles. The van der Waals surface area contributed by atoms with Crippen LogP contribution < -0.4 is 18.9 Å². The first-order valence-corrected chi connectivity index (χ1v) is 21.5. The van der Waals surface area contributed by atoms with Gasteiger partial charge < -0.3 is 29.0 Å². The first-order chi connectivity index (χ1) is 30.9. The van der Waals surface area contributed by atoms with E-state index in [1.807, 2.05) is 176 Å². The highest BCUT2D eigenvalue weighted by Gasteiger charge is 2.18. The standard InChI is InChI=1S/C30H22O2.C18H12Br2O2.C6H6BO2/c1-5-13-23(14-6-1)27-21-28(24-15-7-2-8-16-24)30(32-26-19-11-4-12-20-26)22-29(27)31-25-17-9-3-10-18-25;19-15-11-16(20)18(22-14-9-5-2-6-10-14)12-17(15)21-13-7-3-1-4-8-13;8-7(9)6-4-2-1-3-5-6/h1-22H;1-12H;2-5,8-9H/q;;+1. The lowest BCUT2D eigenvalue weighted by Crippen LogP contribution is -2.13. The zero-order chi connectivity index (χ0) is 43.6. The van der Waals surface area contributed by atoms with Gasteiger partial charge in [-0.3, -0.25) is 0 Å². The molecule has 0 saturated heterocycles. The largest absolute Gasteiger partial charge is 0.517 e. The van der Waals surface area contributed by atoms with Crippen LogP contribution in [0.1, 0.15) is 0 Å². The summed E-state index contributed by atoms with van der Waals surface area (Å²) in [7, 11) is -1.36. The van der Waals surface area contributed by atoms with E-state index < -0.39 is 7.12 Å². The van der Waals surface area contributed by atoms with E-state index in [1.165, 1.54) is 0 Å². The van der Waals surface area contributed by atoms with Gasteiger partial charge in [-0.05, 0) is 104 Å². The number of halogens is 2. The van der Waals surface area contributed by atoms with Crippen LogP contribution in [-0.4, -0.2) is 17.2 Å². The molecular formula is C54H40BBr2O6+. The van der Waals surface area contributed by atoms with Crippen LogP contribution in [0.3, 0.4) is 0 Å². The van der Waals surface area contributed by atoms with Crippen molar-refractivity contribution in [2.24, 2.45) is 0 Å². The molecule has 63 heavy (non-hydrogen) atoms. The molecule has 8 aromatic rings. The summed E-state index contributed by atoms with van der Waals surface area (Å²) >= 11 is 7.03. The Labute approximate surface area is 385 Å². The lowest BCUT2D eigenvalue weighted by atomic mass is 9.78. The number of benzene rings is 8. The van der Waals surface area contributed by atoms with Gasteiger partial charge in [0.05, 0.1) is 14.4 Å². The van der Waals surface area contributed by atoms with Crippen molar-refractivity contribution in [2.75, 3.05) is 0 Å². The molecule has 9 rings (SSSR count). The number of hydrogen-bond acceptors (Lipinski definition) is 6. The normalized spacial score (nSPS) is 11.0. The molecule has 0 amide bonds. The second kappa shape index (κ2) is 22.8. The Kier molecular flexibility index (Phi) is 15.9. The molecule has 0 unspecified atom stereocenters. The van der Waals surface area contributed by atoms with Crippen molar-refractivity contribution in [3.8, 4) is 68.2 Å². The number of rotatable bonds is 11. The monoisotopic (exact) mass is 953 g/mol. The van der Waals surface area contributed by atoms with Crippen molar-refractivity contribution in [3.63, 3.8) is 0 Å². The van der Waals surface area contributed by atoms with E-state index in [1.54, 1.807) is 24.3 Å². The second-order valence-electron chi connectivity index (χ2n) is 13.7. The summed E-state index contributed by atoms with van der Waals surface area (Å²) < 4.78 is 26.2. The summed E-state index contributed by atoms with van der Waals surface area (Å²) in [4.78, 5) is 0. The van der Waals surface area contributed by atoms with Gasteiger partial charge in [0.2, 0.25) is 0 Å². The SMILES string of the molecule is Brc1cc(Br)c(Oc2ccccc2)cc1Oc1ccccc1.OB(O)C1=CC=[C+]C=C1.c1ccc(Oc2cc(Oc3ccccc3)c(-c3ccccc3)cc2-c2ccccc2)cc1. The maximum absolute atomic E-state index is 8.57. The molecule has 0 radical (unpaired) electrons. The van der Waals surface area contributed by atoms with E-state index in [2.05, 4.69) is 68.3 Å². The summed E-state index contributed by atoms with van der Waals surface area (Å²) in [5.74, 6) is 5.99. The van der Waals surface area contributed by atoms with E-state index >= 15 is 0 Å². The fourth-order valence-corrected chi connectivity index (χ4v) is 7.27. The predicted molar refractivity (Wildman–Crippen MR) is 260 cm³/mol. The van der Waals surface area contributed by atoms with Crippen molar-refractivity contribution in [1.29, 1.82) is 0 Å². The highest BCUT2D eigenvalue weighted by molar-refractivity contribution is 9.11. The van der Waals surface area contributed by atoms with Gasteiger partial charge in [0.15, 0.2) is 0 Å². The Balaban J connectivity index is 0.000000165. The molecule has 2 N–H and O–H groups in total. The van der Waals surface area contributed by atoms with Crippen molar-refractivity contribution < 1.29 is 29.0 Å². The zero-order valence-electron chi connectivity index (χ0n) is 33.8. The van der Waals surface area contributed by atoms with E-state index in [0.717, 1.165) is 65.7 Å². The van der Waals surface area contributed by atoms with Crippen molar-refractivity contribution >= 4 is 39.0 Å². The molecule has 0 aliphatic heterocycles. The second-order valence-corrected chi connectivity index (χ2v) is 15.4. The highest BCUT2D eigenvalue weighted by Crippen LogP contribution is 2.44. The molecule has 0 fully saturated rings. The molecule has 8 aromatic carbocycles. The molecule has 0 atom stereocenters. The van der Waals surface area contributed by atoms with E-state index in [4.69, 9.17) is 29.0 Å². The summed E-state index contributed by atoms with van der Waals surface area (Å²) in [5.41, 5.74) is 4.68. The minimum Gasteiger partial charge on any atom is -0.457 e. The van der Waals surface area contributed by atoms with Gasteiger partial charge >= 0.3 is 7.12 Å². The molecule has 1 aliphatic rings. The molecule has 6 nitrogen and oxygen atoms in total. The quantitative estimate of drug-likeness (QED) is 0.0993. The van der Waals surface area contributed by atoms with E-state index in [0.29, 0.717) is 17.0 Å². The van der Waals surface area contributed by atoms with Crippen molar-refractivity contribution in [1.82, 2.24) is 0 Å². The maximum Gasteiger partial charge on any atom is 0.517 e. The predicted octanol–water partition coefficient (Wildman–Crippen LogP) is 15.3. The average Bonchev–Trinajstić information content (AvgIpc) is 3.33. The number of para-hydroxylation sites is 4. The Morgan fingerprint density at radius 1 is 0.397 bits per heavy atom. The first kappa shape index (κ1) is 44.1. The minimum atomic E-state index is -1.36. The fourth-order valence-electron chi connectivity index (χ4n) is 6.12. The molecule has 308 valence electrons. The van der Waals surface area contributed by atoms with Gasteiger partial charge in [0, 0.05) is 41.5 Å². The van der Waals surface area contributed by atoms with Crippen LogP contribution in [0.5, 0.6) is 46.0 Å². The number of allylic oxidation sites excluding steroid dienone is 6. The van der Waals surface area contributed by atoms with Crippen LogP contribution in [0.25, 0.3) is 22.3 Å². The van der Waals surface area contributed by atoms with Crippen LogP contribution in [0, 0.1) is 6.08 Å². The van der Waals surface area contributed by atoms with Gasteiger partial charge in [-0.25, -0.2) is 0 Å². The fraction of sp³-hybridized carbons (Fsp3) is 0. The Hall–Kier alpha value is -6.97. The Morgan fingerprint density at radius 3 is 1.05 bits per heavy atom. The summed E-state index contributed by atoms with van der Waals surface area (Å²) in [6, 6.07) is 67.4. The molecule has 1 aliphatic carbocycles. The summed E-state index contributed by atoms with van der Waals surface area (Å²) in [6.07, 6.45) is 9.24. The van der Waals surface area contributed by atoms with Crippen molar-refractivity contribution in [3.05, 3.63) is 251 Å². The highest BCUT2D eigenvalue weighted by atomic mass is 79.9. The van der Waals surface area contributed by atoms with E-state index in [-0.39, 0.29) is 0 Å². The smallest absolute Gasteiger partial charge is 0.457 e. The van der Waals surface area contributed by atoms with Crippen molar-refractivity contribution in [2.45, 2.75) is 0 Å². The van der Waals surface area contributed by atoms with Crippen LogP contribution in [0.15, 0.2) is 245 Å². The molecule has 0 heterocycles. The maximum atomic E-state index is 8.57. The Morgan fingerprint density at radius 2 is 0.730 bits per heavy atom. The molecule has 9 heteroatoms. The number of ether oxygens (including phenoxy) is 4. The third kappa shape index (κ3) is 13.0. The summed E-state index contributed by atoms with van der Waals surface area (Å²) in [5, 5.41) is 17.1.